The van der Waals surface area contributed by atoms with E-state index in [1.807, 2.05) is 19.9 Å². The van der Waals surface area contributed by atoms with Crippen molar-refractivity contribution < 1.29 is 4.52 Å². The average molecular weight is 274 g/mol. The minimum absolute atomic E-state index is 0.470. The Kier molecular flexibility index (Phi) is 3.27. The van der Waals surface area contributed by atoms with Crippen molar-refractivity contribution in [3.63, 3.8) is 0 Å². The van der Waals surface area contributed by atoms with Crippen molar-refractivity contribution >= 4 is 11.6 Å². The quantitative estimate of drug-likeness (QED) is 0.565. The van der Waals surface area contributed by atoms with Gasteiger partial charge >= 0.3 is 0 Å². The van der Waals surface area contributed by atoms with E-state index in [0.717, 1.165) is 41.5 Å². The molecule has 0 aliphatic heterocycles. The predicted molar refractivity (Wildman–Crippen MR) is 75.1 cm³/mol. The van der Waals surface area contributed by atoms with Crippen molar-refractivity contribution in [2.75, 3.05) is 10.7 Å². The van der Waals surface area contributed by atoms with Crippen LogP contribution < -0.4 is 16.6 Å². The number of aromatic nitrogens is 3. The van der Waals surface area contributed by atoms with Gasteiger partial charge in [-0.15, -0.1) is 0 Å². The van der Waals surface area contributed by atoms with Gasteiger partial charge in [-0.05, 0) is 26.7 Å². The Labute approximate surface area is 116 Å². The maximum Gasteiger partial charge on any atom is 0.148 e. The Bertz CT molecular complexity index is 619. The van der Waals surface area contributed by atoms with Crippen LogP contribution in [0.5, 0.6) is 0 Å². The van der Waals surface area contributed by atoms with Crippen molar-refractivity contribution in [3.05, 3.63) is 28.9 Å². The van der Waals surface area contributed by atoms with E-state index in [4.69, 9.17) is 10.4 Å². The third-order valence-corrected chi connectivity index (χ3v) is 3.36. The molecule has 0 unspecified atom stereocenters. The van der Waals surface area contributed by atoms with Gasteiger partial charge in [-0.25, -0.2) is 15.8 Å². The molecular formula is C13H18N6O. The van der Waals surface area contributed by atoms with Crippen molar-refractivity contribution in [1.29, 1.82) is 0 Å². The van der Waals surface area contributed by atoms with Crippen LogP contribution >= 0.6 is 0 Å². The first kappa shape index (κ1) is 12.9. The second-order valence-corrected chi connectivity index (χ2v) is 5.11. The van der Waals surface area contributed by atoms with E-state index in [0.29, 0.717) is 18.3 Å². The molecule has 2 heterocycles. The molecule has 7 nitrogen and oxygen atoms in total. The number of hydrazine groups is 1. The lowest BCUT2D eigenvalue weighted by atomic mass is 10.2. The summed E-state index contributed by atoms with van der Waals surface area (Å²) < 4.78 is 5.04. The summed E-state index contributed by atoms with van der Waals surface area (Å²) in [5.74, 6) is 9.09. The maximum absolute atomic E-state index is 5.52. The molecule has 3 rings (SSSR count). The zero-order chi connectivity index (χ0) is 14.1. The van der Waals surface area contributed by atoms with Crippen LogP contribution in [0, 0.1) is 13.8 Å². The molecule has 0 bridgehead atoms. The molecule has 0 spiro atoms. The summed E-state index contributed by atoms with van der Waals surface area (Å²) in [5.41, 5.74) is 4.38. The molecule has 0 amide bonds. The molecule has 1 aliphatic carbocycles. The summed E-state index contributed by atoms with van der Waals surface area (Å²) in [6, 6.07) is 1.90. The van der Waals surface area contributed by atoms with Gasteiger partial charge in [0.1, 0.15) is 28.9 Å². The lowest BCUT2D eigenvalue weighted by Crippen LogP contribution is -2.14. The zero-order valence-corrected chi connectivity index (χ0v) is 11.6. The molecule has 1 aliphatic rings. The zero-order valence-electron chi connectivity index (χ0n) is 11.6. The molecule has 106 valence electrons. The second kappa shape index (κ2) is 5.09. The first-order valence-electron chi connectivity index (χ1n) is 6.68. The molecule has 0 aromatic carbocycles. The third kappa shape index (κ3) is 2.57. The van der Waals surface area contributed by atoms with Gasteiger partial charge in [-0.3, -0.25) is 0 Å². The first-order valence-corrected chi connectivity index (χ1v) is 6.68. The fourth-order valence-electron chi connectivity index (χ4n) is 2.05. The molecule has 1 fully saturated rings. The number of aryl methyl sites for hydroxylation is 1. The van der Waals surface area contributed by atoms with Gasteiger partial charge in [0.15, 0.2) is 0 Å². The van der Waals surface area contributed by atoms with Gasteiger partial charge in [-0.1, -0.05) is 5.16 Å². The summed E-state index contributed by atoms with van der Waals surface area (Å²) in [5, 5.41) is 7.22. The molecule has 7 heteroatoms. The lowest BCUT2D eigenvalue weighted by Gasteiger charge is -2.12. The van der Waals surface area contributed by atoms with Crippen LogP contribution in [0.2, 0.25) is 0 Å². The number of nitrogens with two attached hydrogens (primary N) is 1. The summed E-state index contributed by atoms with van der Waals surface area (Å²) in [6.45, 7) is 4.36. The fourth-order valence-corrected chi connectivity index (χ4v) is 2.05. The van der Waals surface area contributed by atoms with Gasteiger partial charge in [-0.2, -0.15) is 0 Å². The average Bonchev–Trinajstić information content (AvgIpc) is 3.21. The molecule has 2 aromatic heterocycles. The van der Waals surface area contributed by atoms with Crippen LogP contribution in [0.3, 0.4) is 0 Å². The first-order chi connectivity index (χ1) is 9.67. The number of nitrogen functional groups attached to an aromatic ring is 1. The maximum atomic E-state index is 5.52. The molecular weight excluding hydrogens is 256 g/mol. The Balaban J connectivity index is 1.81. The number of rotatable bonds is 5. The van der Waals surface area contributed by atoms with Crippen LogP contribution in [0.25, 0.3) is 0 Å². The van der Waals surface area contributed by atoms with Crippen LogP contribution in [0.1, 0.15) is 41.6 Å². The summed E-state index contributed by atoms with van der Waals surface area (Å²) in [4.78, 5) is 9.04. The standard InChI is InChI=1S/C13H18N6O/c1-7-5-10(19-20-7)6-15-11-8(2)12(18-14)17-13(16-11)9-3-4-9/h5,9H,3-4,6,14H2,1-2H3,(H2,15,16,17,18). The molecule has 0 atom stereocenters. The molecule has 0 radical (unpaired) electrons. The van der Waals surface area contributed by atoms with Crippen molar-refractivity contribution in [1.82, 2.24) is 15.1 Å². The molecule has 20 heavy (non-hydrogen) atoms. The number of hydrogen-bond donors (Lipinski definition) is 3. The van der Waals surface area contributed by atoms with E-state index < -0.39 is 0 Å². The van der Waals surface area contributed by atoms with E-state index >= 15 is 0 Å². The van der Waals surface area contributed by atoms with Crippen LogP contribution in [-0.2, 0) is 6.54 Å². The predicted octanol–water partition coefficient (Wildman–Crippen LogP) is 1.86. The highest BCUT2D eigenvalue weighted by Gasteiger charge is 2.28. The Morgan fingerprint density at radius 1 is 1.30 bits per heavy atom. The van der Waals surface area contributed by atoms with Crippen molar-refractivity contribution in [2.24, 2.45) is 5.84 Å². The fraction of sp³-hybridized carbons (Fsp3) is 0.462. The topological polar surface area (TPSA) is 102 Å². The van der Waals surface area contributed by atoms with Gasteiger partial charge < -0.3 is 15.3 Å². The SMILES string of the molecule is Cc1cc(CNc2nc(C3CC3)nc(NN)c2C)no1. The number of hydrogen-bond acceptors (Lipinski definition) is 7. The lowest BCUT2D eigenvalue weighted by molar-refractivity contribution is 0.391. The molecule has 4 N–H and O–H groups in total. The number of nitrogens with zero attached hydrogens (tertiary/aromatic N) is 3. The monoisotopic (exact) mass is 274 g/mol. The van der Waals surface area contributed by atoms with Gasteiger partial charge in [0.2, 0.25) is 0 Å². The van der Waals surface area contributed by atoms with E-state index in [-0.39, 0.29) is 0 Å². The van der Waals surface area contributed by atoms with Crippen LogP contribution in [-0.4, -0.2) is 15.1 Å². The minimum atomic E-state index is 0.470. The van der Waals surface area contributed by atoms with Gasteiger partial charge in [0, 0.05) is 17.5 Å². The van der Waals surface area contributed by atoms with E-state index in [9.17, 15) is 0 Å². The third-order valence-electron chi connectivity index (χ3n) is 3.36. The van der Waals surface area contributed by atoms with E-state index in [2.05, 4.69) is 25.9 Å². The summed E-state index contributed by atoms with van der Waals surface area (Å²) in [6.07, 6.45) is 2.30. The van der Waals surface area contributed by atoms with E-state index in [1.165, 1.54) is 0 Å². The highest BCUT2D eigenvalue weighted by atomic mass is 16.5. The highest BCUT2D eigenvalue weighted by Crippen LogP contribution is 2.39. The largest absolute Gasteiger partial charge is 0.364 e. The Morgan fingerprint density at radius 3 is 2.65 bits per heavy atom. The van der Waals surface area contributed by atoms with Crippen LogP contribution in [0.4, 0.5) is 11.6 Å². The second-order valence-electron chi connectivity index (χ2n) is 5.11. The van der Waals surface area contributed by atoms with Crippen LogP contribution in [0.15, 0.2) is 10.6 Å². The Morgan fingerprint density at radius 2 is 2.05 bits per heavy atom. The minimum Gasteiger partial charge on any atom is -0.364 e. The summed E-state index contributed by atoms with van der Waals surface area (Å²) in [7, 11) is 0. The van der Waals surface area contributed by atoms with Gasteiger partial charge in [0.05, 0.1) is 6.54 Å². The smallest absolute Gasteiger partial charge is 0.148 e. The highest BCUT2D eigenvalue weighted by molar-refractivity contribution is 5.57. The van der Waals surface area contributed by atoms with E-state index in [1.54, 1.807) is 0 Å². The van der Waals surface area contributed by atoms with Gasteiger partial charge in [0.25, 0.3) is 0 Å². The molecule has 0 saturated heterocycles. The van der Waals surface area contributed by atoms with Crippen molar-refractivity contribution in [2.45, 2.75) is 39.2 Å². The van der Waals surface area contributed by atoms with Crippen molar-refractivity contribution in [3.8, 4) is 0 Å². The number of nitrogens with one attached hydrogen (secondary N) is 2. The number of anilines is 2. The normalized spacial score (nSPS) is 14.3. The molecule has 2 aromatic rings. The molecule has 1 saturated carbocycles. The summed E-state index contributed by atoms with van der Waals surface area (Å²) >= 11 is 0. The Hall–Kier alpha value is -2.15.